The Morgan fingerprint density at radius 3 is 3.00 bits per heavy atom. The van der Waals surface area contributed by atoms with E-state index in [2.05, 4.69) is 9.97 Å². The van der Waals surface area contributed by atoms with Crippen LogP contribution in [-0.4, -0.2) is 16.3 Å². The molecule has 2 aromatic heterocycles. The van der Waals surface area contributed by atoms with Crippen molar-refractivity contribution < 1.29 is 4.79 Å². The van der Waals surface area contributed by atoms with E-state index in [-0.39, 0.29) is 0 Å². The zero-order valence-corrected chi connectivity index (χ0v) is 7.89. The highest BCUT2D eigenvalue weighted by atomic mass is 32.1. The Morgan fingerprint density at radius 1 is 1.62 bits per heavy atom. The molecule has 0 aliphatic carbocycles. The molecule has 66 valence electrons. The molecule has 2 rings (SSSR count). The quantitative estimate of drug-likeness (QED) is 0.742. The summed E-state index contributed by atoms with van der Waals surface area (Å²) in [5, 5.41) is 2.01. The van der Waals surface area contributed by atoms with Crippen molar-refractivity contribution in [1.82, 2.24) is 9.97 Å². The van der Waals surface area contributed by atoms with E-state index >= 15 is 0 Å². The van der Waals surface area contributed by atoms with Gasteiger partial charge in [0, 0.05) is 6.20 Å². The molecule has 13 heavy (non-hydrogen) atoms. The van der Waals surface area contributed by atoms with E-state index in [1.807, 2.05) is 18.4 Å². The standard InChI is InChI=1S/C9H8N2OS/c1-6-2-3-13-9(6)7-4-10-8(5-12)11-7/h2-5H,1H3,(H,10,11). The maximum atomic E-state index is 10.4. The molecule has 2 aromatic rings. The van der Waals surface area contributed by atoms with Crippen LogP contribution in [0.3, 0.4) is 0 Å². The first-order valence-corrected chi connectivity index (χ1v) is 4.74. The number of aromatic amines is 1. The first-order chi connectivity index (χ1) is 6.31. The first kappa shape index (κ1) is 8.19. The SMILES string of the molecule is Cc1ccsc1-c1c[nH]c(C=O)n1. The molecular formula is C9H8N2OS. The average Bonchev–Trinajstić information content (AvgIpc) is 2.71. The molecular weight excluding hydrogens is 184 g/mol. The van der Waals surface area contributed by atoms with Crippen LogP contribution in [0.4, 0.5) is 0 Å². The van der Waals surface area contributed by atoms with Gasteiger partial charge in [0.25, 0.3) is 0 Å². The number of aromatic nitrogens is 2. The van der Waals surface area contributed by atoms with Crippen molar-refractivity contribution in [2.45, 2.75) is 6.92 Å². The smallest absolute Gasteiger partial charge is 0.185 e. The van der Waals surface area contributed by atoms with Crippen molar-refractivity contribution in [3.8, 4) is 10.6 Å². The fourth-order valence-electron chi connectivity index (χ4n) is 1.15. The van der Waals surface area contributed by atoms with E-state index in [1.54, 1.807) is 17.5 Å². The Kier molecular flexibility index (Phi) is 1.98. The van der Waals surface area contributed by atoms with Gasteiger partial charge in [-0.15, -0.1) is 11.3 Å². The van der Waals surface area contributed by atoms with E-state index in [9.17, 15) is 4.79 Å². The highest BCUT2D eigenvalue weighted by Gasteiger charge is 2.06. The van der Waals surface area contributed by atoms with Gasteiger partial charge in [-0.25, -0.2) is 4.98 Å². The molecule has 0 fully saturated rings. The van der Waals surface area contributed by atoms with E-state index in [1.165, 1.54) is 5.56 Å². The topological polar surface area (TPSA) is 45.8 Å². The van der Waals surface area contributed by atoms with Crippen molar-refractivity contribution in [1.29, 1.82) is 0 Å². The van der Waals surface area contributed by atoms with Crippen molar-refractivity contribution >= 4 is 17.6 Å². The number of aryl methyl sites for hydroxylation is 1. The summed E-state index contributed by atoms with van der Waals surface area (Å²) in [4.78, 5) is 18.4. The van der Waals surface area contributed by atoms with Crippen LogP contribution in [0.25, 0.3) is 10.6 Å². The fourth-order valence-corrected chi connectivity index (χ4v) is 2.04. The summed E-state index contributed by atoms with van der Waals surface area (Å²) >= 11 is 1.63. The first-order valence-electron chi connectivity index (χ1n) is 3.86. The molecule has 0 atom stereocenters. The predicted molar refractivity (Wildman–Crippen MR) is 52.0 cm³/mol. The number of aldehydes is 1. The number of rotatable bonds is 2. The number of hydrogen-bond acceptors (Lipinski definition) is 3. The van der Waals surface area contributed by atoms with Crippen LogP contribution in [0.2, 0.25) is 0 Å². The monoisotopic (exact) mass is 192 g/mol. The number of thiophene rings is 1. The fraction of sp³-hybridized carbons (Fsp3) is 0.111. The van der Waals surface area contributed by atoms with Crippen molar-refractivity contribution in [3.05, 3.63) is 29.0 Å². The summed E-state index contributed by atoms with van der Waals surface area (Å²) in [5.74, 6) is 0.378. The molecule has 0 aliphatic rings. The molecule has 1 N–H and O–H groups in total. The van der Waals surface area contributed by atoms with Gasteiger partial charge in [-0.05, 0) is 23.9 Å². The molecule has 3 nitrogen and oxygen atoms in total. The number of hydrogen-bond donors (Lipinski definition) is 1. The van der Waals surface area contributed by atoms with Crippen LogP contribution >= 0.6 is 11.3 Å². The molecule has 2 heterocycles. The van der Waals surface area contributed by atoms with Crippen LogP contribution in [0.5, 0.6) is 0 Å². The van der Waals surface area contributed by atoms with Gasteiger partial charge in [-0.3, -0.25) is 4.79 Å². The number of imidazole rings is 1. The third-order valence-corrected chi connectivity index (χ3v) is 2.84. The Labute approximate surface area is 79.4 Å². The number of nitrogens with zero attached hydrogens (tertiary/aromatic N) is 1. The van der Waals surface area contributed by atoms with Crippen molar-refractivity contribution in [2.75, 3.05) is 0 Å². The number of carbonyl (C=O) groups excluding carboxylic acids is 1. The maximum Gasteiger partial charge on any atom is 0.185 e. The molecule has 0 saturated carbocycles. The highest BCUT2D eigenvalue weighted by molar-refractivity contribution is 7.13. The number of carbonyl (C=O) groups is 1. The summed E-state index contributed by atoms with van der Waals surface area (Å²) in [6.45, 7) is 2.03. The molecule has 0 aliphatic heterocycles. The van der Waals surface area contributed by atoms with E-state index in [0.29, 0.717) is 12.1 Å². The summed E-state index contributed by atoms with van der Waals surface area (Å²) in [5.41, 5.74) is 2.03. The molecule has 0 bridgehead atoms. The van der Waals surface area contributed by atoms with Crippen LogP contribution in [0.15, 0.2) is 17.6 Å². The lowest BCUT2D eigenvalue weighted by atomic mass is 10.2. The lowest BCUT2D eigenvalue weighted by Crippen LogP contribution is -1.81. The summed E-state index contributed by atoms with van der Waals surface area (Å²) in [6, 6.07) is 2.04. The zero-order valence-electron chi connectivity index (χ0n) is 7.07. The van der Waals surface area contributed by atoms with Gasteiger partial charge < -0.3 is 4.98 Å². The van der Waals surface area contributed by atoms with Crippen molar-refractivity contribution in [3.63, 3.8) is 0 Å². The molecule has 0 aromatic carbocycles. The Hall–Kier alpha value is -1.42. The molecule has 0 radical (unpaired) electrons. The molecule has 0 unspecified atom stereocenters. The third kappa shape index (κ3) is 1.40. The summed E-state index contributed by atoms with van der Waals surface area (Å²) in [7, 11) is 0. The molecule has 0 spiro atoms. The normalized spacial score (nSPS) is 10.2. The lowest BCUT2D eigenvalue weighted by Gasteiger charge is -1.90. The van der Waals surface area contributed by atoms with Crippen LogP contribution in [0.1, 0.15) is 16.2 Å². The highest BCUT2D eigenvalue weighted by Crippen LogP contribution is 2.26. The Balaban J connectivity index is 2.46. The minimum Gasteiger partial charge on any atom is -0.342 e. The predicted octanol–water partition coefficient (Wildman–Crippen LogP) is 2.26. The largest absolute Gasteiger partial charge is 0.342 e. The van der Waals surface area contributed by atoms with Crippen molar-refractivity contribution in [2.24, 2.45) is 0 Å². The van der Waals surface area contributed by atoms with Gasteiger partial charge in [0.1, 0.15) is 0 Å². The Morgan fingerprint density at radius 2 is 2.46 bits per heavy atom. The van der Waals surface area contributed by atoms with Gasteiger partial charge >= 0.3 is 0 Å². The minimum absolute atomic E-state index is 0.378. The van der Waals surface area contributed by atoms with Gasteiger partial charge in [0.15, 0.2) is 12.1 Å². The maximum absolute atomic E-state index is 10.4. The molecule has 0 saturated heterocycles. The summed E-state index contributed by atoms with van der Waals surface area (Å²) in [6.07, 6.45) is 2.47. The lowest BCUT2D eigenvalue weighted by molar-refractivity contribution is 0.111. The zero-order chi connectivity index (χ0) is 9.26. The summed E-state index contributed by atoms with van der Waals surface area (Å²) < 4.78 is 0. The second kappa shape index (κ2) is 3.14. The van der Waals surface area contributed by atoms with Gasteiger partial charge in [-0.2, -0.15) is 0 Å². The second-order valence-corrected chi connectivity index (χ2v) is 3.64. The molecule has 0 amide bonds. The number of nitrogens with one attached hydrogen (secondary N) is 1. The van der Waals surface area contributed by atoms with Crippen LogP contribution < -0.4 is 0 Å². The van der Waals surface area contributed by atoms with E-state index < -0.39 is 0 Å². The Bertz CT molecular complexity index is 430. The number of H-pyrrole nitrogens is 1. The second-order valence-electron chi connectivity index (χ2n) is 2.72. The van der Waals surface area contributed by atoms with Gasteiger partial charge in [0.2, 0.25) is 0 Å². The van der Waals surface area contributed by atoms with E-state index in [0.717, 1.165) is 10.6 Å². The van der Waals surface area contributed by atoms with Crippen LogP contribution in [-0.2, 0) is 0 Å². The third-order valence-electron chi connectivity index (χ3n) is 1.80. The van der Waals surface area contributed by atoms with Gasteiger partial charge in [0.05, 0.1) is 10.6 Å². The average molecular weight is 192 g/mol. The van der Waals surface area contributed by atoms with Crippen LogP contribution in [0, 0.1) is 6.92 Å². The van der Waals surface area contributed by atoms with E-state index in [4.69, 9.17) is 0 Å². The molecule has 4 heteroatoms. The minimum atomic E-state index is 0.378. The van der Waals surface area contributed by atoms with Gasteiger partial charge in [-0.1, -0.05) is 0 Å².